The lowest BCUT2D eigenvalue weighted by molar-refractivity contribution is 0.306. The SMILES string of the molecule is COc1cccc(COPOc2ccccc2-c2ccccc2O)c1O.c1ccc2c(c1)o[pH]oc1ccccc12. The van der Waals surface area contributed by atoms with Crippen LogP contribution in [0.25, 0.3) is 33.1 Å². The van der Waals surface area contributed by atoms with Gasteiger partial charge in [0.05, 0.1) is 13.7 Å². The number of ether oxygens (including phenoxy) is 1. The molecule has 1 unspecified atom stereocenters. The molecular formula is C32H28O7P2. The standard InChI is InChI=1S/C20H19O5P.C12H9O2P/c1-23-19-12-6-7-14(20(19)22)13-24-26-25-18-11-5-3-9-16(18)15-8-2-4-10-17(15)21;1-3-7-11-9(5-1)10-6-2-4-8-12(10)14-15-13-11/h2-12,21-22,26H,13H2,1H3;1-8,15H. The van der Waals surface area contributed by atoms with Crippen molar-refractivity contribution in [2.24, 2.45) is 0 Å². The Kier molecular flexibility index (Phi) is 9.45. The molecule has 5 aromatic carbocycles. The minimum absolute atomic E-state index is 0.0288. The molecule has 1 aromatic heterocycles. The van der Waals surface area contributed by atoms with Gasteiger partial charge in [-0.2, -0.15) is 0 Å². The summed E-state index contributed by atoms with van der Waals surface area (Å²) in [6, 6.07) is 35.7. The van der Waals surface area contributed by atoms with E-state index in [9.17, 15) is 10.2 Å². The van der Waals surface area contributed by atoms with E-state index < -0.39 is 0 Å². The number of rotatable bonds is 7. The van der Waals surface area contributed by atoms with Crippen molar-refractivity contribution in [1.29, 1.82) is 0 Å². The lowest BCUT2D eigenvalue weighted by Gasteiger charge is -2.13. The van der Waals surface area contributed by atoms with Crippen LogP contribution >= 0.6 is 17.7 Å². The molecule has 0 spiro atoms. The second kappa shape index (κ2) is 13.8. The van der Waals surface area contributed by atoms with E-state index in [1.165, 1.54) is 7.11 Å². The highest BCUT2D eigenvalue weighted by molar-refractivity contribution is 7.26. The zero-order chi connectivity index (χ0) is 28.4. The van der Waals surface area contributed by atoms with E-state index in [0.29, 0.717) is 22.6 Å². The van der Waals surface area contributed by atoms with Crippen LogP contribution in [0.3, 0.4) is 0 Å². The maximum Gasteiger partial charge on any atom is 0.215 e. The fraction of sp³-hybridized carbons (Fsp3) is 0.0625. The quantitative estimate of drug-likeness (QED) is 0.142. The highest BCUT2D eigenvalue weighted by Crippen LogP contribution is 2.38. The molecule has 6 aromatic rings. The van der Waals surface area contributed by atoms with Crippen LogP contribution in [0.5, 0.6) is 23.0 Å². The minimum Gasteiger partial charge on any atom is -0.507 e. The number of benzene rings is 5. The van der Waals surface area contributed by atoms with Gasteiger partial charge in [-0.15, -0.1) is 0 Å². The summed E-state index contributed by atoms with van der Waals surface area (Å²) in [4.78, 5) is 0. The largest absolute Gasteiger partial charge is 0.507 e. The molecule has 208 valence electrons. The highest BCUT2D eigenvalue weighted by Gasteiger charge is 2.11. The highest BCUT2D eigenvalue weighted by atomic mass is 31.1. The first-order valence-corrected chi connectivity index (χ1v) is 14.3. The summed E-state index contributed by atoms with van der Waals surface area (Å²) in [6.45, 7) is 0.195. The maximum absolute atomic E-state index is 10.1. The van der Waals surface area contributed by atoms with Crippen LogP contribution in [-0.2, 0) is 11.1 Å². The van der Waals surface area contributed by atoms with Crippen molar-refractivity contribution >= 4 is 39.6 Å². The second-order valence-electron chi connectivity index (χ2n) is 8.74. The lowest BCUT2D eigenvalue weighted by atomic mass is 10.0. The Hall–Kier alpha value is -4.41. The third-order valence-corrected chi connectivity index (χ3v) is 7.36. The summed E-state index contributed by atoms with van der Waals surface area (Å²) < 4.78 is 27.5. The normalized spacial score (nSPS) is 10.9. The molecule has 0 saturated heterocycles. The number of fused-ring (bicyclic) bond motifs is 3. The number of phenolic OH excluding ortho intramolecular Hbond substituents is 2. The van der Waals surface area contributed by atoms with E-state index in [1.54, 1.807) is 30.3 Å². The zero-order valence-corrected chi connectivity index (χ0v) is 24.1. The van der Waals surface area contributed by atoms with Crippen LogP contribution in [-0.4, -0.2) is 17.3 Å². The van der Waals surface area contributed by atoms with Crippen molar-refractivity contribution in [3.8, 4) is 34.1 Å². The summed E-state index contributed by atoms with van der Waals surface area (Å²) in [5, 5.41) is 22.3. The Labute approximate surface area is 240 Å². The maximum atomic E-state index is 10.1. The molecule has 0 aliphatic rings. The van der Waals surface area contributed by atoms with Crippen LogP contribution < -0.4 is 9.26 Å². The summed E-state index contributed by atoms with van der Waals surface area (Å²) in [7, 11) is 1.26. The van der Waals surface area contributed by atoms with Gasteiger partial charge in [-0.05, 0) is 30.3 Å². The van der Waals surface area contributed by atoms with Crippen LogP contribution in [0.4, 0.5) is 0 Å². The van der Waals surface area contributed by atoms with Gasteiger partial charge in [-0.25, -0.2) is 0 Å². The van der Waals surface area contributed by atoms with Gasteiger partial charge in [0.15, 0.2) is 11.5 Å². The molecule has 7 nitrogen and oxygen atoms in total. The summed E-state index contributed by atoms with van der Waals surface area (Å²) >= 11 is 0. The molecular weight excluding hydrogens is 558 g/mol. The number of aromatic hydroxyl groups is 2. The summed E-state index contributed by atoms with van der Waals surface area (Å²) in [5.74, 6) is 1.27. The van der Waals surface area contributed by atoms with Gasteiger partial charge in [-0.1, -0.05) is 84.9 Å². The van der Waals surface area contributed by atoms with E-state index in [0.717, 1.165) is 27.5 Å². The van der Waals surface area contributed by atoms with Crippen molar-refractivity contribution in [3.63, 3.8) is 0 Å². The number of hydrogen-bond donors (Lipinski definition) is 2. The van der Waals surface area contributed by atoms with E-state index in [1.807, 2.05) is 84.9 Å². The molecule has 41 heavy (non-hydrogen) atoms. The fourth-order valence-electron chi connectivity index (χ4n) is 4.18. The molecule has 6 rings (SSSR count). The summed E-state index contributed by atoms with van der Waals surface area (Å²) in [5.41, 5.74) is 3.88. The Morgan fingerprint density at radius 3 is 1.93 bits per heavy atom. The van der Waals surface area contributed by atoms with Crippen molar-refractivity contribution in [2.45, 2.75) is 6.61 Å². The third kappa shape index (κ3) is 6.85. The minimum atomic E-state index is -0.266. The van der Waals surface area contributed by atoms with E-state index in [-0.39, 0.29) is 35.8 Å². The lowest BCUT2D eigenvalue weighted by Crippen LogP contribution is -1.92. The Morgan fingerprint density at radius 2 is 1.24 bits per heavy atom. The number of hydrogen-bond acceptors (Lipinski definition) is 7. The van der Waals surface area contributed by atoms with Crippen LogP contribution in [0.15, 0.2) is 124 Å². The average Bonchev–Trinajstić information content (AvgIpc) is 3.20. The first-order chi connectivity index (χ1) is 20.2. The molecule has 0 fully saturated rings. The van der Waals surface area contributed by atoms with E-state index in [4.69, 9.17) is 22.2 Å². The van der Waals surface area contributed by atoms with Gasteiger partial charge in [0.2, 0.25) is 17.7 Å². The first kappa shape index (κ1) is 28.1. The van der Waals surface area contributed by atoms with E-state index in [2.05, 4.69) is 0 Å². The monoisotopic (exact) mass is 586 g/mol. The number of para-hydroxylation sites is 5. The van der Waals surface area contributed by atoms with Gasteiger partial charge < -0.3 is 32.4 Å². The molecule has 1 atom stereocenters. The topological polar surface area (TPSA) is 94.4 Å². The van der Waals surface area contributed by atoms with Crippen molar-refractivity contribution in [2.75, 3.05) is 7.11 Å². The fourth-order valence-corrected chi connectivity index (χ4v) is 5.30. The van der Waals surface area contributed by atoms with Crippen LogP contribution in [0, 0.1) is 0 Å². The molecule has 0 aliphatic heterocycles. The number of methoxy groups -OCH3 is 1. The number of phenols is 2. The predicted molar refractivity (Wildman–Crippen MR) is 165 cm³/mol. The summed E-state index contributed by atoms with van der Waals surface area (Å²) in [6.07, 6.45) is 0. The van der Waals surface area contributed by atoms with Gasteiger partial charge in [0.25, 0.3) is 0 Å². The molecule has 0 bridgehead atoms. The first-order valence-electron chi connectivity index (χ1n) is 12.7. The van der Waals surface area contributed by atoms with Crippen LogP contribution in [0.2, 0.25) is 0 Å². The predicted octanol–water partition coefficient (Wildman–Crippen LogP) is 9.21. The Bertz CT molecular complexity index is 1730. The van der Waals surface area contributed by atoms with Gasteiger partial charge in [-0.3, -0.25) is 0 Å². The molecule has 1 heterocycles. The van der Waals surface area contributed by atoms with Crippen molar-refractivity contribution in [3.05, 3.63) is 121 Å². The molecule has 0 amide bonds. The van der Waals surface area contributed by atoms with Crippen molar-refractivity contribution < 1.29 is 32.4 Å². The molecule has 0 radical (unpaired) electrons. The molecule has 2 N–H and O–H groups in total. The molecule has 0 saturated carbocycles. The smallest absolute Gasteiger partial charge is 0.215 e. The second-order valence-corrected chi connectivity index (χ2v) is 9.97. The Morgan fingerprint density at radius 1 is 0.659 bits per heavy atom. The Balaban J connectivity index is 0.000000189. The van der Waals surface area contributed by atoms with Crippen molar-refractivity contribution in [1.82, 2.24) is 0 Å². The molecule has 9 heteroatoms. The average molecular weight is 587 g/mol. The van der Waals surface area contributed by atoms with Gasteiger partial charge in [0.1, 0.15) is 22.7 Å². The van der Waals surface area contributed by atoms with Crippen LogP contribution in [0.1, 0.15) is 5.56 Å². The zero-order valence-electron chi connectivity index (χ0n) is 22.1. The third-order valence-electron chi connectivity index (χ3n) is 6.19. The van der Waals surface area contributed by atoms with E-state index >= 15 is 0 Å². The van der Waals surface area contributed by atoms with Gasteiger partial charge in [0, 0.05) is 27.5 Å². The molecule has 0 aliphatic carbocycles. The van der Waals surface area contributed by atoms with Gasteiger partial charge >= 0.3 is 0 Å².